The van der Waals surface area contributed by atoms with Crippen molar-refractivity contribution in [3.63, 3.8) is 0 Å². The second-order valence-electron chi connectivity index (χ2n) is 4.67. The van der Waals surface area contributed by atoms with Crippen LogP contribution < -0.4 is 5.73 Å². The monoisotopic (exact) mass is 318 g/mol. The second kappa shape index (κ2) is 5.18. The van der Waals surface area contributed by atoms with E-state index in [-0.39, 0.29) is 27.4 Å². The quantitative estimate of drug-likeness (QED) is 0.468. The molecule has 0 atom stereocenters. The number of aryl methyl sites for hydroxylation is 1. The second-order valence-corrected chi connectivity index (χ2v) is 5.08. The first-order valence-corrected chi connectivity index (χ1v) is 6.29. The SMILES string of the molecule is Cc1cnc(F)c(-c2c(Cl)cc(C(F)(F)F)c(C)c2N)c1. The largest absolute Gasteiger partial charge is 0.416 e. The summed E-state index contributed by atoms with van der Waals surface area (Å²) < 4.78 is 52.5. The van der Waals surface area contributed by atoms with Gasteiger partial charge in [0.05, 0.1) is 10.6 Å². The van der Waals surface area contributed by atoms with E-state index in [2.05, 4.69) is 4.98 Å². The summed E-state index contributed by atoms with van der Waals surface area (Å²) in [5, 5.41) is -0.267. The standard InChI is InChI=1S/C14H11ClF4N2/c1-6-3-8(13(16)21-5-6)11-10(15)4-9(14(17,18)19)7(2)12(11)20/h3-5H,20H2,1-2H3. The van der Waals surface area contributed by atoms with Crippen LogP contribution in [0.3, 0.4) is 0 Å². The molecular weight excluding hydrogens is 308 g/mol. The number of rotatable bonds is 1. The number of benzene rings is 1. The van der Waals surface area contributed by atoms with E-state index in [1.807, 2.05) is 0 Å². The summed E-state index contributed by atoms with van der Waals surface area (Å²) in [5.74, 6) is -0.839. The van der Waals surface area contributed by atoms with E-state index in [1.165, 1.54) is 19.2 Å². The van der Waals surface area contributed by atoms with E-state index in [1.54, 1.807) is 6.92 Å². The Hall–Kier alpha value is -1.82. The van der Waals surface area contributed by atoms with Crippen LogP contribution in [0.5, 0.6) is 0 Å². The van der Waals surface area contributed by atoms with Gasteiger partial charge in [-0.1, -0.05) is 11.6 Å². The van der Waals surface area contributed by atoms with E-state index in [9.17, 15) is 17.6 Å². The Balaban J connectivity index is 2.78. The minimum absolute atomic E-state index is 0.0191. The molecule has 0 unspecified atom stereocenters. The van der Waals surface area contributed by atoms with Crippen molar-refractivity contribution < 1.29 is 17.6 Å². The highest BCUT2D eigenvalue weighted by Gasteiger charge is 2.34. The minimum atomic E-state index is -4.58. The molecule has 2 aromatic rings. The molecule has 2 rings (SSSR count). The molecule has 7 heteroatoms. The number of hydrogen-bond donors (Lipinski definition) is 1. The third kappa shape index (κ3) is 2.81. The molecule has 0 aliphatic heterocycles. The zero-order valence-corrected chi connectivity index (χ0v) is 11.9. The Bertz CT molecular complexity index is 711. The van der Waals surface area contributed by atoms with E-state index in [4.69, 9.17) is 17.3 Å². The summed E-state index contributed by atoms with van der Waals surface area (Å²) in [6, 6.07) is 2.19. The van der Waals surface area contributed by atoms with E-state index in [0.29, 0.717) is 5.56 Å². The number of pyridine rings is 1. The number of alkyl halides is 3. The van der Waals surface area contributed by atoms with Gasteiger partial charge in [-0.05, 0) is 37.1 Å². The Kier molecular flexibility index (Phi) is 3.84. The van der Waals surface area contributed by atoms with Gasteiger partial charge in [-0.2, -0.15) is 17.6 Å². The maximum Gasteiger partial charge on any atom is 0.416 e. The molecule has 0 bridgehead atoms. The highest BCUT2D eigenvalue weighted by Crippen LogP contribution is 2.43. The van der Waals surface area contributed by atoms with E-state index < -0.39 is 17.7 Å². The van der Waals surface area contributed by atoms with Gasteiger partial charge in [0, 0.05) is 23.0 Å². The Morgan fingerprint density at radius 1 is 1.19 bits per heavy atom. The maximum absolute atomic E-state index is 13.8. The molecule has 0 saturated carbocycles. The van der Waals surface area contributed by atoms with Crippen molar-refractivity contribution in [2.24, 2.45) is 0 Å². The fraction of sp³-hybridized carbons (Fsp3) is 0.214. The van der Waals surface area contributed by atoms with Gasteiger partial charge >= 0.3 is 6.18 Å². The number of nitrogens with zero attached hydrogens (tertiary/aromatic N) is 1. The first-order chi connectivity index (χ1) is 9.62. The van der Waals surface area contributed by atoms with Gasteiger partial charge in [0.2, 0.25) is 5.95 Å². The van der Waals surface area contributed by atoms with Gasteiger partial charge in [-0.15, -0.1) is 0 Å². The molecule has 0 radical (unpaired) electrons. The van der Waals surface area contributed by atoms with Crippen molar-refractivity contribution in [1.82, 2.24) is 4.98 Å². The van der Waals surface area contributed by atoms with Gasteiger partial charge in [-0.3, -0.25) is 0 Å². The van der Waals surface area contributed by atoms with Gasteiger partial charge in [-0.25, -0.2) is 4.98 Å². The van der Waals surface area contributed by atoms with Crippen LogP contribution in [-0.2, 0) is 6.18 Å². The van der Waals surface area contributed by atoms with Crippen LogP contribution in [0.15, 0.2) is 18.3 Å². The number of nitrogens with two attached hydrogens (primary N) is 1. The van der Waals surface area contributed by atoms with Crippen molar-refractivity contribution in [2.45, 2.75) is 20.0 Å². The van der Waals surface area contributed by atoms with Crippen LogP contribution in [0.2, 0.25) is 5.02 Å². The molecule has 0 amide bonds. The summed E-state index contributed by atoms with van der Waals surface area (Å²) in [7, 11) is 0. The van der Waals surface area contributed by atoms with Crippen LogP contribution >= 0.6 is 11.6 Å². The third-order valence-electron chi connectivity index (χ3n) is 3.14. The molecular formula is C14H11ClF4N2. The lowest BCUT2D eigenvalue weighted by molar-refractivity contribution is -0.138. The van der Waals surface area contributed by atoms with Gasteiger partial charge < -0.3 is 5.73 Å². The summed E-state index contributed by atoms with van der Waals surface area (Å²) in [5.41, 5.74) is 5.06. The molecule has 21 heavy (non-hydrogen) atoms. The molecule has 0 fully saturated rings. The van der Waals surface area contributed by atoms with Crippen LogP contribution in [0.4, 0.5) is 23.2 Å². The number of anilines is 1. The molecule has 2 N–H and O–H groups in total. The predicted molar refractivity (Wildman–Crippen MR) is 73.5 cm³/mol. The molecule has 1 aromatic heterocycles. The molecule has 0 aliphatic rings. The van der Waals surface area contributed by atoms with Crippen LogP contribution in [-0.4, -0.2) is 4.98 Å². The summed E-state index contributed by atoms with van der Waals surface area (Å²) in [6.07, 6.45) is -3.27. The van der Waals surface area contributed by atoms with Gasteiger partial charge in [0.25, 0.3) is 0 Å². The Morgan fingerprint density at radius 2 is 1.81 bits per heavy atom. The lowest BCUT2D eigenvalue weighted by atomic mass is 9.96. The molecule has 0 spiro atoms. The number of halogens is 5. The van der Waals surface area contributed by atoms with Crippen molar-refractivity contribution in [3.05, 3.63) is 46.0 Å². The van der Waals surface area contributed by atoms with Crippen molar-refractivity contribution in [2.75, 3.05) is 5.73 Å². The van der Waals surface area contributed by atoms with Crippen molar-refractivity contribution >= 4 is 17.3 Å². The van der Waals surface area contributed by atoms with E-state index in [0.717, 1.165) is 6.07 Å². The van der Waals surface area contributed by atoms with Crippen LogP contribution in [0.25, 0.3) is 11.1 Å². The van der Waals surface area contributed by atoms with E-state index >= 15 is 0 Å². The zero-order valence-electron chi connectivity index (χ0n) is 11.1. The molecule has 1 aromatic carbocycles. The first-order valence-electron chi connectivity index (χ1n) is 5.91. The van der Waals surface area contributed by atoms with Gasteiger partial charge in [0.15, 0.2) is 0 Å². The van der Waals surface area contributed by atoms with Crippen molar-refractivity contribution in [1.29, 1.82) is 0 Å². The average Bonchev–Trinajstić information content (AvgIpc) is 2.36. The third-order valence-corrected chi connectivity index (χ3v) is 3.44. The lowest BCUT2D eigenvalue weighted by Crippen LogP contribution is -2.10. The minimum Gasteiger partial charge on any atom is -0.398 e. The zero-order chi connectivity index (χ0) is 15.9. The smallest absolute Gasteiger partial charge is 0.398 e. The molecule has 1 heterocycles. The fourth-order valence-corrected chi connectivity index (χ4v) is 2.38. The predicted octanol–water partition coefficient (Wildman–Crippen LogP) is 4.76. The Labute approximate surface area is 123 Å². The number of nitrogen functional groups attached to an aromatic ring is 1. The van der Waals surface area contributed by atoms with Crippen LogP contribution in [0.1, 0.15) is 16.7 Å². The maximum atomic E-state index is 13.8. The molecule has 112 valence electrons. The average molecular weight is 319 g/mol. The number of hydrogen-bond acceptors (Lipinski definition) is 2. The fourth-order valence-electron chi connectivity index (χ4n) is 2.06. The lowest BCUT2D eigenvalue weighted by Gasteiger charge is -2.17. The van der Waals surface area contributed by atoms with Gasteiger partial charge in [0.1, 0.15) is 0 Å². The van der Waals surface area contributed by atoms with Crippen LogP contribution in [0, 0.1) is 19.8 Å². The molecule has 2 nitrogen and oxygen atoms in total. The van der Waals surface area contributed by atoms with Crippen molar-refractivity contribution in [3.8, 4) is 11.1 Å². The summed E-state index contributed by atoms with van der Waals surface area (Å²) in [4.78, 5) is 3.54. The Morgan fingerprint density at radius 3 is 2.38 bits per heavy atom. The topological polar surface area (TPSA) is 38.9 Å². The number of aromatic nitrogens is 1. The highest BCUT2D eigenvalue weighted by atomic mass is 35.5. The normalized spacial score (nSPS) is 11.8. The molecule has 0 saturated heterocycles. The highest BCUT2D eigenvalue weighted by molar-refractivity contribution is 6.34. The summed E-state index contributed by atoms with van der Waals surface area (Å²) in [6.45, 7) is 2.90. The summed E-state index contributed by atoms with van der Waals surface area (Å²) >= 11 is 5.90. The molecule has 0 aliphatic carbocycles. The first kappa shape index (κ1) is 15.6.